The lowest BCUT2D eigenvalue weighted by Crippen LogP contribution is -2.52. The van der Waals surface area contributed by atoms with Crippen LogP contribution in [0, 0.1) is 34.4 Å². The Balaban J connectivity index is 0.000000135. The molecule has 0 spiro atoms. The van der Waals surface area contributed by atoms with E-state index >= 15 is 0 Å². The molecule has 4 N–H and O–H groups in total. The van der Waals surface area contributed by atoms with Crippen molar-refractivity contribution in [3.05, 3.63) is 190 Å². The molecule has 8 aliphatic heterocycles. The van der Waals surface area contributed by atoms with E-state index in [4.69, 9.17) is 57.9 Å². The van der Waals surface area contributed by atoms with Crippen LogP contribution in [0.15, 0.2) is 176 Å². The Morgan fingerprint density at radius 2 is 0.734 bits per heavy atom. The first kappa shape index (κ1) is 88.5. The Kier molecular flexibility index (Phi) is 26.9. The second-order valence-corrected chi connectivity index (χ2v) is 35.2. The van der Waals surface area contributed by atoms with Gasteiger partial charge in [-0.3, -0.25) is 38.8 Å². The van der Waals surface area contributed by atoms with Gasteiger partial charge in [0, 0.05) is 147 Å². The number of aryl methyl sites for hydroxylation is 1. The number of rotatable bonds is 17. The Morgan fingerprint density at radius 3 is 1.18 bits per heavy atom. The summed E-state index contributed by atoms with van der Waals surface area (Å²) in [5.74, 6) is 8.24. The van der Waals surface area contributed by atoms with Crippen LogP contribution in [0.25, 0.3) is 0 Å². The van der Waals surface area contributed by atoms with E-state index in [0.717, 1.165) is 206 Å². The fourth-order valence-corrected chi connectivity index (χ4v) is 16.4. The zero-order valence-electron chi connectivity index (χ0n) is 72.0. The van der Waals surface area contributed by atoms with Crippen molar-refractivity contribution in [2.24, 2.45) is 41.6 Å². The third kappa shape index (κ3) is 20.6. The molecule has 9 aliphatic rings. The number of fused-ring (bicyclic) bond motifs is 8. The number of aliphatic imine (C=N–C) groups is 4. The number of benzene rings is 8. The predicted molar refractivity (Wildman–Crippen MR) is 475 cm³/mol. The van der Waals surface area contributed by atoms with Crippen molar-refractivity contribution in [2.75, 3.05) is 159 Å². The van der Waals surface area contributed by atoms with E-state index in [9.17, 15) is 44.0 Å². The molecular formula is C94H108BrFN12O16. The molecule has 8 aromatic carbocycles. The Bertz CT molecular complexity index is 5260. The van der Waals surface area contributed by atoms with Gasteiger partial charge in [-0.1, -0.05) is 34.1 Å². The van der Waals surface area contributed by atoms with Crippen molar-refractivity contribution in [3.63, 3.8) is 0 Å². The van der Waals surface area contributed by atoms with Crippen LogP contribution in [-0.2, 0) is 19.2 Å². The molecule has 30 heteroatoms. The lowest BCUT2D eigenvalue weighted by atomic mass is 9.93. The molecule has 0 radical (unpaired) electrons. The number of hydrogen-bond acceptors (Lipinski definition) is 24. The minimum atomic E-state index is -0.818. The van der Waals surface area contributed by atoms with E-state index in [1.807, 2.05) is 122 Å². The van der Waals surface area contributed by atoms with E-state index in [1.54, 1.807) is 94.2 Å². The fraction of sp³-hybridized carbons (Fsp3) is 0.404. The smallest absolute Gasteiger partial charge is 0.310 e. The predicted octanol–water partition coefficient (Wildman–Crippen LogP) is 15.8. The summed E-state index contributed by atoms with van der Waals surface area (Å²) in [6.45, 7) is 27.2. The van der Waals surface area contributed by atoms with Gasteiger partial charge in [-0.2, -0.15) is 0 Å². The summed E-state index contributed by atoms with van der Waals surface area (Å²) in [7, 11) is 6.53. The highest BCUT2D eigenvalue weighted by atomic mass is 79.9. The number of hydrogen-bond donors (Lipinski definition) is 4. The molecule has 8 aromatic rings. The number of amidine groups is 4. The van der Waals surface area contributed by atoms with E-state index < -0.39 is 45.5 Å². The largest absolute Gasteiger partial charge is 0.497 e. The average molecular weight is 1760 g/mol. The summed E-state index contributed by atoms with van der Waals surface area (Å²) in [4.78, 5) is 83.6. The number of ether oxygens (including phenoxy) is 8. The van der Waals surface area contributed by atoms with Gasteiger partial charge in [0.2, 0.25) is 0 Å². The molecule has 17 rings (SSSR count). The zero-order valence-corrected chi connectivity index (χ0v) is 73.6. The molecular weight excluding hydrogens is 1650 g/mol. The van der Waals surface area contributed by atoms with E-state index in [0.29, 0.717) is 91.6 Å². The maximum Gasteiger partial charge on any atom is 0.310 e. The van der Waals surface area contributed by atoms with Crippen molar-refractivity contribution in [2.45, 2.75) is 67.7 Å². The number of carboxylic acids is 4. The highest BCUT2D eigenvalue weighted by Crippen LogP contribution is 2.50. The van der Waals surface area contributed by atoms with Crippen LogP contribution in [0.2, 0.25) is 0 Å². The average Bonchev–Trinajstić information content (AvgIpc) is 1.62. The quantitative estimate of drug-likeness (QED) is 0.0658. The molecule has 0 aromatic heterocycles. The molecule has 5 fully saturated rings. The monoisotopic (exact) mass is 1760 g/mol. The Hall–Kier alpha value is -11.8. The van der Waals surface area contributed by atoms with Crippen LogP contribution in [0.1, 0.15) is 88.6 Å². The van der Waals surface area contributed by atoms with Gasteiger partial charge in [-0.25, -0.2) is 24.4 Å². The van der Waals surface area contributed by atoms with Gasteiger partial charge in [0.05, 0.1) is 72.4 Å². The van der Waals surface area contributed by atoms with Crippen LogP contribution in [0.3, 0.4) is 0 Å². The topological polar surface area (TPSA) is 298 Å². The van der Waals surface area contributed by atoms with Gasteiger partial charge in [-0.05, 0) is 195 Å². The molecule has 124 heavy (non-hydrogen) atoms. The molecule has 28 nitrogen and oxygen atoms in total. The summed E-state index contributed by atoms with van der Waals surface area (Å²) in [6.07, 6.45) is 2.37. The second kappa shape index (κ2) is 37.7. The number of piperazine rings is 4. The molecule has 8 heterocycles. The Morgan fingerprint density at radius 1 is 0.387 bits per heavy atom. The fourth-order valence-electron chi connectivity index (χ4n) is 16.0. The van der Waals surface area contributed by atoms with E-state index in [-0.39, 0.29) is 5.82 Å². The van der Waals surface area contributed by atoms with Gasteiger partial charge in [0.15, 0.2) is 23.0 Å². The molecule has 0 atom stereocenters. The number of para-hydroxylation sites is 2. The third-order valence-corrected chi connectivity index (χ3v) is 24.3. The number of carbonyl (C=O) groups is 4. The van der Waals surface area contributed by atoms with Crippen molar-refractivity contribution in [1.82, 2.24) is 39.2 Å². The van der Waals surface area contributed by atoms with Crippen LogP contribution < -0.4 is 37.9 Å². The number of aliphatic carboxylic acids is 4. The van der Waals surface area contributed by atoms with Crippen LogP contribution in [0.4, 0.5) is 27.1 Å². The van der Waals surface area contributed by atoms with Gasteiger partial charge in [-0.15, -0.1) is 0 Å². The highest BCUT2D eigenvalue weighted by molar-refractivity contribution is 9.10. The molecule has 1 aliphatic carbocycles. The first-order chi connectivity index (χ1) is 59.4. The third-order valence-electron chi connectivity index (χ3n) is 23.8. The first-order valence-electron chi connectivity index (χ1n) is 41.8. The minimum Gasteiger partial charge on any atom is -0.497 e. The van der Waals surface area contributed by atoms with Crippen molar-refractivity contribution in [1.29, 1.82) is 0 Å². The van der Waals surface area contributed by atoms with E-state index in [2.05, 4.69) is 55.1 Å². The molecule has 0 amide bonds. The van der Waals surface area contributed by atoms with Crippen LogP contribution >= 0.6 is 15.9 Å². The second-order valence-electron chi connectivity index (χ2n) is 34.3. The van der Waals surface area contributed by atoms with E-state index in [1.165, 1.54) is 12.1 Å². The van der Waals surface area contributed by atoms with Crippen molar-refractivity contribution < 1.29 is 81.9 Å². The number of halogens is 2. The maximum atomic E-state index is 14.1. The van der Waals surface area contributed by atoms with Crippen molar-refractivity contribution >= 4 is 85.9 Å². The summed E-state index contributed by atoms with van der Waals surface area (Å²) in [5, 5.41) is 37.7. The zero-order chi connectivity index (χ0) is 87.9. The summed E-state index contributed by atoms with van der Waals surface area (Å²) in [5.41, 5.74) is 4.64. The first-order valence-corrected chi connectivity index (χ1v) is 42.6. The van der Waals surface area contributed by atoms with Crippen molar-refractivity contribution in [3.8, 4) is 69.0 Å². The summed E-state index contributed by atoms with van der Waals surface area (Å²) < 4.78 is 61.3. The van der Waals surface area contributed by atoms with Gasteiger partial charge in [0.1, 0.15) is 97.9 Å². The minimum absolute atomic E-state index is 0.361. The normalized spacial score (nSPS) is 17.2. The van der Waals surface area contributed by atoms with Gasteiger partial charge < -0.3 is 77.9 Å². The molecule has 1 saturated carbocycles. The van der Waals surface area contributed by atoms with Gasteiger partial charge in [0.25, 0.3) is 0 Å². The number of methoxy groups -OCH3 is 4. The van der Waals surface area contributed by atoms with Gasteiger partial charge >= 0.3 is 23.9 Å². The molecule has 654 valence electrons. The van der Waals surface area contributed by atoms with Crippen LogP contribution in [0.5, 0.6) is 69.0 Å². The Labute approximate surface area is 730 Å². The summed E-state index contributed by atoms with van der Waals surface area (Å²) in [6, 6.07) is 46.8. The molecule has 4 saturated heterocycles. The molecule has 0 unspecified atom stereocenters. The van der Waals surface area contributed by atoms with Crippen LogP contribution in [-0.4, -0.2) is 266 Å². The summed E-state index contributed by atoms with van der Waals surface area (Å²) >= 11 is 3.52. The maximum absolute atomic E-state index is 14.1. The highest BCUT2D eigenvalue weighted by Gasteiger charge is 2.50. The molecule has 0 bridgehead atoms. The SMILES string of the molecule is COc1ccc2c(c1)C(N1CCN(CCC3(C(=O)O)CC3)CC1)=Nc1ccccc1O2.COc1ccc2c(c1)N=C(N1CCN(CC(C)(C)C(=O)O)CC1)c1cc(F)ccc1O2.COc1ccc2c(c1)Oc1ccc(Br)cc1N=C2N1CCN(CC(C)(C)C(=O)O)CC1.COc1ccc2c(c1)Oc1ccc(C)cc1N=C2N1CCN(CC(C)(C)C(=O)O)CC1. The number of nitrogens with zero attached hydrogens (tertiary/aromatic N) is 12. The number of carboxylic acid groups (broad SMARTS) is 4. The standard InChI is InChI=1S/C24H27N3O4.C24H29N3O4.C23H26BrN3O4.C23H26FN3O4/c1-30-17-6-7-20-18(16-17)22(25-19-4-2-3-5-21(19)31-20)27-14-12-26(13-15-27)11-10-24(8-9-24)23(28)29;1-16-5-8-20-19(13-16)25-22(18-7-6-17(30-4)14-21(18)31-20)27-11-9-26(10-12-27)15-24(2,3)23(28)29;1-23(2,22(28)29)14-26-8-10-27(11-9-26)21-17-6-5-16(30-3)13-20(17)31-19-7-4-15(24)12-18(19)25-21;1-23(2,22(28)29)14-26-8-10-27(11-9-26)21-17-12-15(24)4-6-19(17)31-20-7-5-16(30-3)13-18(20)25-21/h2-7,16H,8-15H2,1H3,(H,28,29);5-8,13-14H,9-12,15H2,1-4H3,(H,28,29);2*4-7,12-13H,8-11,14H2,1-3H3,(H,28,29). The lowest BCUT2D eigenvalue weighted by molar-refractivity contribution is -0.149. The lowest BCUT2D eigenvalue weighted by Gasteiger charge is -2.39.